The summed E-state index contributed by atoms with van der Waals surface area (Å²) < 4.78 is 2.37. The van der Waals surface area contributed by atoms with E-state index in [1.807, 2.05) is 0 Å². The summed E-state index contributed by atoms with van der Waals surface area (Å²) in [5.41, 5.74) is 2.63. The lowest BCUT2D eigenvalue weighted by atomic mass is 9.97. The van der Waals surface area contributed by atoms with Gasteiger partial charge in [-0.25, -0.2) is 0 Å². The number of aromatic nitrogens is 1. The van der Waals surface area contributed by atoms with Crippen molar-refractivity contribution in [3.05, 3.63) is 34.0 Å². The van der Waals surface area contributed by atoms with Crippen LogP contribution >= 0.6 is 0 Å². The van der Waals surface area contributed by atoms with Crippen molar-refractivity contribution in [2.45, 2.75) is 45.6 Å². The van der Waals surface area contributed by atoms with Gasteiger partial charge in [0.2, 0.25) is 0 Å². The molecule has 3 rings (SSSR count). The number of fused-ring (bicyclic) bond motifs is 3. The van der Waals surface area contributed by atoms with Gasteiger partial charge >= 0.3 is 0 Å². The zero-order chi connectivity index (χ0) is 12.7. The van der Waals surface area contributed by atoms with Gasteiger partial charge in [0.05, 0.1) is 0 Å². The molecule has 0 aromatic carbocycles. The molecule has 2 nitrogen and oxygen atoms in total. The molecule has 18 heavy (non-hydrogen) atoms. The standard InChI is InChI=1S/C16H19NO/c1-11(2)16-13-6-4-3-5-7-14(13)17-9-8-12(18)10-15(16)17/h3-4,6-7,11H,5,8-10H2,1-2H3. The molecule has 0 fully saturated rings. The van der Waals surface area contributed by atoms with Gasteiger partial charge in [-0.1, -0.05) is 38.2 Å². The molecule has 1 aliphatic carbocycles. The smallest absolute Gasteiger partial charge is 0.140 e. The molecule has 0 amide bonds. The number of hydrogen-bond acceptors (Lipinski definition) is 1. The third kappa shape index (κ3) is 1.67. The highest BCUT2D eigenvalue weighted by Gasteiger charge is 2.23. The predicted octanol–water partition coefficient (Wildman–Crippen LogP) is 1.65. The van der Waals surface area contributed by atoms with Crippen LogP contribution in [-0.4, -0.2) is 10.4 Å². The van der Waals surface area contributed by atoms with Crippen molar-refractivity contribution in [2.24, 2.45) is 0 Å². The number of ketones is 1. The van der Waals surface area contributed by atoms with Crippen LogP contribution in [-0.2, 0) is 17.8 Å². The summed E-state index contributed by atoms with van der Waals surface area (Å²) in [4.78, 5) is 11.7. The summed E-state index contributed by atoms with van der Waals surface area (Å²) in [7, 11) is 0. The summed E-state index contributed by atoms with van der Waals surface area (Å²) in [5.74, 6) is 0.852. The molecule has 0 N–H and O–H groups in total. The van der Waals surface area contributed by atoms with E-state index in [-0.39, 0.29) is 0 Å². The fourth-order valence-electron chi connectivity index (χ4n) is 3.15. The molecule has 2 aliphatic rings. The number of nitrogens with zero attached hydrogens (tertiary/aromatic N) is 1. The Hall–Kier alpha value is -1.57. The van der Waals surface area contributed by atoms with Crippen LogP contribution in [0.2, 0.25) is 0 Å². The van der Waals surface area contributed by atoms with Gasteiger partial charge in [-0.2, -0.15) is 0 Å². The molecule has 2 heterocycles. The molecule has 1 aliphatic heterocycles. The van der Waals surface area contributed by atoms with Crippen LogP contribution in [0, 0.1) is 0 Å². The molecule has 94 valence electrons. The number of Topliss-reactive ketones (excluding diaryl/α,β-unsaturated/α-hetero) is 1. The molecule has 0 radical (unpaired) electrons. The summed E-state index contributed by atoms with van der Waals surface area (Å²) in [5, 5.41) is 2.66. The zero-order valence-corrected chi connectivity index (χ0v) is 11.1. The van der Waals surface area contributed by atoms with Crippen molar-refractivity contribution < 1.29 is 4.79 Å². The molecular formula is C16H19NO. The van der Waals surface area contributed by atoms with Crippen LogP contribution < -0.4 is 10.6 Å². The van der Waals surface area contributed by atoms with Crippen molar-refractivity contribution in [1.82, 2.24) is 4.57 Å². The van der Waals surface area contributed by atoms with Crippen molar-refractivity contribution in [2.75, 3.05) is 0 Å². The first-order chi connectivity index (χ1) is 8.68. The fourth-order valence-corrected chi connectivity index (χ4v) is 3.15. The Balaban J connectivity index is 2.37. The van der Waals surface area contributed by atoms with E-state index in [0.717, 1.165) is 13.0 Å². The van der Waals surface area contributed by atoms with Crippen molar-refractivity contribution in [3.8, 4) is 0 Å². The number of carbonyl (C=O) groups is 1. The van der Waals surface area contributed by atoms with Crippen LogP contribution in [0.3, 0.4) is 0 Å². The molecule has 0 spiro atoms. The molecule has 0 atom stereocenters. The molecule has 1 aromatic heterocycles. The lowest BCUT2D eigenvalue weighted by Crippen LogP contribution is -2.32. The number of rotatable bonds is 1. The van der Waals surface area contributed by atoms with Gasteiger partial charge in [-0.15, -0.1) is 0 Å². The van der Waals surface area contributed by atoms with Crippen LogP contribution in [0.4, 0.5) is 0 Å². The van der Waals surface area contributed by atoms with Gasteiger partial charge in [0.1, 0.15) is 5.78 Å². The first-order valence-electron chi connectivity index (χ1n) is 6.78. The lowest BCUT2D eigenvalue weighted by molar-refractivity contribution is -0.119. The van der Waals surface area contributed by atoms with E-state index in [2.05, 4.69) is 42.7 Å². The number of carbonyl (C=O) groups excluding carboxylic acids is 1. The third-order valence-electron chi connectivity index (χ3n) is 3.90. The molecule has 1 aromatic rings. The second kappa shape index (κ2) is 4.27. The topological polar surface area (TPSA) is 22.0 Å². The van der Waals surface area contributed by atoms with Gasteiger partial charge in [0.15, 0.2) is 0 Å². The molecule has 0 saturated heterocycles. The predicted molar refractivity (Wildman–Crippen MR) is 73.8 cm³/mol. The van der Waals surface area contributed by atoms with E-state index in [1.54, 1.807) is 0 Å². The van der Waals surface area contributed by atoms with Gasteiger partial charge < -0.3 is 4.57 Å². The Bertz CT molecular complexity index is 644. The van der Waals surface area contributed by atoms with Gasteiger partial charge in [0, 0.05) is 35.6 Å². The minimum absolute atomic E-state index is 0.382. The molecule has 0 saturated carbocycles. The highest BCUT2D eigenvalue weighted by Crippen LogP contribution is 2.20. The Morgan fingerprint density at radius 1 is 1.33 bits per heavy atom. The van der Waals surface area contributed by atoms with E-state index in [1.165, 1.54) is 21.8 Å². The zero-order valence-electron chi connectivity index (χ0n) is 11.1. The SMILES string of the molecule is CC(C)c1c2n(c3c1=CC=CCC=3)CCC(=O)C2. The third-order valence-corrected chi connectivity index (χ3v) is 3.90. The van der Waals surface area contributed by atoms with Crippen LogP contribution in [0.15, 0.2) is 12.2 Å². The van der Waals surface area contributed by atoms with E-state index >= 15 is 0 Å². The largest absolute Gasteiger partial charge is 0.344 e. The summed E-state index contributed by atoms with van der Waals surface area (Å²) in [6.07, 6.45) is 11.1. The average molecular weight is 241 g/mol. The Morgan fingerprint density at radius 3 is 2.94 bits per heavy atom. The maximum atomic E-state index is 11.7. The van der Waals surface area contributed by atoms with E-state index in [9.17, 15) is 4.79 Å². The Labute approximate surface area is 107 Å². The van der Waals surface area contributed by atoms with E-state index in [0.29, 0.717) is 24.5 Å². The van der Waals surface area contributed by atoms with Gasteiger partial charge in [-0.3, -0.25) is 4.79 Å². The van der Waals surface area contributed by atoms with E-state index < -0.39 is 0 Å². The van der Waals surface area contributed by atoms with Crippen LogP contribution in [0.5, 0.6) is 0 Å². The highest BCUT2D eigenvalue weighted by atomic mass is 16.1. The molecule has 2 heteroatoms. The maximum absolute atomic E-state index is 11.7. The Morgan fingerprint density at radius 2 is 2.17 bits per heavy atom. The molecule has 0 bridgehead atoms. The second-order valence-electron chi connectivity index (χ2n) is 5.47. The van der Waals surface area contributed by atoms with Gasteiger partial charge in [-0.05, 0) is 17.9 Å². The Kier molecular flexibility index (Phi) is 2.73. The second-order valence-corrected chi connectivity index (χ2v) is 5.47. The minimum Gasteiger partial charge on any atom is -0.344 e. The summed E-state index contributed by atoms with van der Waals surface area (Å²) in [6.45, 7) is 5.30. The minimum atomic E-state index is 0.382. The first kappa shape index (κ1) is 11.5. The number of allylic oxidation sites excluding steroid dienone is 2. The fraction of sp³-hybridized carbons (Fsp3) is 0.438. The normalized spacial score (nSPS) is 17.8. The quantitative estimate of drug-likeness (QED) is 0.733. The summed E-state index contributed by atoms with van der Waals surface area (Å²) in [6, 6.07) is 0. The lowest BCUT2D eigenvalue weighted by Gasteiger charge is -2.17. The maximum Gasteiger partial charge on any atom is 0.140 e. The highest BCUT2D eigenvalue weighted by molar-refractivity contribution is 5.82. The number of hydrogen-bond donors (Lipinski definition) is 0. The molecular weight excluding hydrogens is 222 g/mol. The van der Waals surface area contributed by atoms with Crippen LogP contribution in [0.1, 0.15) is 43.9 Å². The first-order valence-corrected chi connectivity index (χ1v) is 6.78. The van der Waals surface area contributed by atoms with Crippen LogP contribution in [0.25, 0.3) is 12.2 Å². The monoisotopic (exact) mass is 241 g/mol. The van der Waals surface area contributed by atoms with E-state index in [4.69, 9.17) is 0 Å². The van der Waals surface area contributed by atoms with Crippen molar-refractivity contribution in [1.29, 1.82) is 0 Å². The summed E-state index contributed by atoms with van der Waals surface area (Å²) >= 11 is 0. The van der Waals surface area contributed by atoms with Crippen molar-refractivity contribution in [3.63, 3.8) is 0 Å². The van der Waals surface area contributed by atoms with Crippen molar-refractivity contribution >= 4 is 17.9 Å². The average Bonchev–Trinajstić information content (AvgIpc) is 2.48. The van der Waals surface area contributed by atoms with Gasteiger partial charge in [0.25, 0.3) is 0 Å². The molecule has 0 unspecified atom stereocenters.